The van der Waals surface area contributed by atoms with Crippen molar-refractivity contribution in [2.75, 3.05) is 4.90 Å². The van der Waals surface area contributed by atoms with Gasteiger partial charge in [-0.3, -0.25) is 4.99 Å². The van der Waals surface area contributed by atoms with Crippen LogP contribution in [-0.4, -0.2) is 22.5 Å². The predicted molar refractivity (Wildman–Crippen MR) is 152 cm³/mol. The van der Waals surface area contributed by atoms with Gasteiger partial charge in [0.05, 0.1) is 11.6 Å². The molecule has 1 saturated carbocycles. The van der Waals surface area contributed by atoms with Crippen LogP contribution in [0.5, 0.6) is 0 Å². The lowest BCUT2D eigenvalue weighted by molar-refractivity contribution is -0.137. The van der Waals surface area contributed by atoms with Crippen LogP contribution in [0.2, 0.25) is 10.0 Å². The summed E-state index contributed by atoms with van der Waals surface area (Å²) in [5.41, 5.74) is -0.303. The molecule has 4 rings (SSSR count). The zero-order chi connectivity index (χ0) is 27.0. The van der Waals surface area contributed by atoms with Crippen molar-refractivity contribution in [3.05, 3.63) is 69.7 Å². The molecule has 2 aliphatic rings. The number of hydrogen-bond acceptors (Lipinski definition) is 2. The summed E-state index contributed by atoms with van der Waals surface area (Å²) in [6, 6.07) is 10.5. The van der Waals surface area contributed by atoms with Crippen molar-refractivity contribution >= 4 is 58.1 Å². The first-order valence-electron chi connectivity index (χ1n) is 12.3. The molecule has 198 valence electrons. The number of rotatable bonds is 4. The van der Waals surface area contributed by atoms with E-state index in [-0.39, 0.29) is 11.5 Å². The minimum absolute atomic E-state index is 0.245. The fourth-order valence-corrected chi connectivity index (χ4v) is 5.85. The van der Waals surface area contributed by atoms with Crippen LogP contribution in [0.4, 0.5) is 18.9 Å². The molecule has 37 heavy (non-hydrogen) atoms. The van der Waals surface area contributed by atoms with Gasteiger partial charge in [0.1, 0.15) is 11.4 Å². The van der Waals surface area contributed by atoms with Crippen LogP contribution in [0.15, 0.2) is 53.5 Å². The normalized spacial score (nSPS) is 20.2. The van der Waals surface area contributed by atoms with E-state index in [0.29, 0.717) is 26.7 Å². The van der Waals surface area contributed by atoms with E-state index >= 15 is 0 Å². The molecule has 0 aromatic heterocycles. The largest absolute Gasteiger partial charge is 0.416 e. The van der Waals surface area contributed by atoms with Gasteiger partial charge >= 0.3 is 6.18 Å². The Kier molecular flexibility index (Phi) is 7.99. The smallest absolute Gasteiger partial charge is 0.319 e. The molecular formula is C28H30Cl2F3N3S. The van der Waals surface area contributed by atoms with E-state index in [2.05, 4.69) is 26.1 Å². The molecule has 1 atom stereocenters. The summed E-state index contributed by atoms with van der Waals surface area (Å²) in [4.78, 5) is 7.04. The van der Waals surface area contributed by atoms with Crippen LogP contribution in [0.3, 0.4) is 0 Å². The summed E-state index contributed by atoms with van der Waals surface area (Å²) in [6.45, 7) is 6.29. The molecule has 1 heterocycles. The van der Waals surface area contributed by atoms with Gasteiger partial charge in [-0.15, -0.1) is 0 Å². The molecule has 1 aliphatic heterocycles. The van der Waals surface area contributed by atoms with Crippen LogP contribution in [0.25, 0.3) is 6.08 Å². The van der Waals surface area contributed by atoms with Gasteiger partial charge in [0, 0.05) is 15.7 Å². The number of halogens is 5. The first kappa shape index (κ1) is 27.9. The highest BCUT2D eigenvalue weighted by molar-refractivity contribution is 7.80. The summed E-state index contributed by atoms with van der Waals surface area (Å²) < 4.78 is 40.6. The number of alkyl halides is 3. The van der Waals surface area contributed by atoms with Gasteiger partial charge in [-0.05, 0) is 66.4 Å². The van der Waals surface area contributed by atoms with E-state index in [1.165, 1.54) is 12.1 Å². The Morgan fingerprint density at radius 2 is 1.76 bits per heavy atom. The van der Waals surface area contributed by atoms with Crippen molar-refractivity contribution in [1.82, 2.24) is 5.32 Å². The topological polar surface area (TPSA) is 27.6 Å². The van der Waals surface area contributed by atoms with E-state index in [4.69, 9.17) is 40.4 Å². The molecule has 3 nitrogen and oxygen atoms in total. The second-order valence-corrected chi connectivity index (χ2v) is 11.9. The SMILES string of the molecule is CC(C)(C)C(/C=C/c1ccc(Cl)cc1Cl)N=C1NC(=S)N(c2cccc(C(F)(F)F)c2)C12CCCCC2. The Hall–Kier alpha value is -2.09. The number of thiocarbonyl (C=S) groups is 1. The summed E-state index contributed by atoms with van der Waals surface area (Å²) in [5, 5.41) is 4.77. The average Bonchev–Trinajstić information content (AvgIpc) is 3.06. The fraction of sp³-hybridized carbons (Fsp3) is 0.429. The number of hydrogen-bond donors (Lipinski definition) is 1. The van der Waals surface area contributed by atoms with Gasteiger partial charge in [-0.2, -0.15) is 13.2 Å². The number of anilines is 1. The quantitative estimate of drug-likeness (QED) is 0.373. The lowest BCUT2D eigenvalue weighted by Gasteiger charge is -2.41. The molecule has 0 radical (unpaired) electrons. The highest BCUT2D eigenvalue weighted by atomic mass is 35.5. The molecular weight excluding hydrogens is 538 g/mol. The molecule has 1 spiro atoms. The number of aliphatic imine (C=N–C) groups is 1. The zero-order valence-electron chi connectivity index (χ0n) is 21.0. The first-order valence-corrected chi connectivity index (χ1v) is 13.5. The number of nitrogens with one attached hydrogen (secondary N) is 1. The van der Waals surface area contributed by atoms with Gasteiger partial charge in [-0.25, -0.2) is 0 Å². The van der Waals surface area contributed by atoms with Crippen molar-refractivity contribution in [2.45, 2.75) is 70.6 Å². The van der Waals surface area contributed by atoms with Crippen LogP contribution >= 0.6 is 35.4 Å². The summed E-state index contributed by atoms with van der Waals surface area (Å²) >= 11 is 18.1. The Bertz CT molecular complexity index is 1230. The lowest BCUT2D eigenvalue weighted by Crippen LogP contribution is -2.52. The maximum atomic E-state index is 13.5. The molecule has 0 amide bonds. The van der Waals surface area contributed by atoms with Gasteiger partial charge in [0.25, 0.3) is 0 Å². The third-order valence-corrected chi connectivity index (χ3v) is 7.83. The number of nitrogens with zero attached hydrogens (tertiary/aromatic N) is 2. The molecule has 2 aromatic rings. The third kappa shape index (κ3) is 5.99. The van der Waals surface area contributed by atoms with Crippen molar-refractivity contribution in [1.29, 1.82) is 0 Å². The Balaban J connectivity index is 1.77. The van der Waals surface area contributed by atoms with E-state index < -0.39 is 17.3 Å². The van der Waals surface area contributed by atoms with Crippen molar-refractivity contribution < 1.29 is 13.2 Å². The minimum Gasteiger partial charge on any atom is -0.319 e. The van der Waals surface area contributed by atoms with Crippen molar-refractivity contribution in [3.63, 3.8) is 0 Å². The van der Waals surface area contributed by atoms with Crippen LogP contribution in [0.1, 0.15) is 64.0 Å². The van der Waals surface area contributed by atoms with Gasteiger partial charge in [0.15, 0.2) is 5.11 Å². The Morgan fingerprint density at radius 1 is 1.05 bits per heavy atom. The standard InChI is InChI=1S/C28H30Cl2F3N3S/c1-26(2,3)23(13-11-18-10-12-20(29)17-22(18)30)34-24-27(14-5-4-6-15-27)36(25(37)35-24)21-9-7-8-19(16-21)28(31,32)33/h7-13,16-17,23H,4-6,14-15H2,1-3H3,(H,34,35,37)/b13-11+. The molecule has 1 N–H and O–H groups in total. The molecule has 1 aliphatic carbocycles. The number of benzene rings is 2. The highest BCUT2D eigenvalue weighted by Crippen LogP contribution is 2.43. The molecule has 2 fully saturated rings. The Labute approximate surface area is 231 Å². The van der Waals surface area contributed by atoms with E-state index in [1.54, 1.807) is 18.2 Å². The van der Waals surface area contributed by atoms with E-state index in [9.17, 15) is 13.2 Å². The van der Waals surface area contributed by atoms with Crippen LogP contribution in [0, 0.1) is 5.41 Å². The lowest BCUT2D eigenvalue weighted by atomic mass is 9.79. The van der Waals surface area contributed by atoms with Crippen LogP contribution in [-0.2, 0) is 6.18 Å². The van der Waals surface area contributed by atoms with Gasteiger partial charge in [0.2, 0.25) is 0 Å². The van der Waals surface area contributed by atoms with Crippen molar-refractivity contribution in [2.24, 2.45) is 10.4 Å². The highest BCUT2D eigenvalue weighted by Gasteiger charge is 2.51. The summed E-state index contributed by atoms with van der Waals surface area (Å²) in [5.74, 6) is 0.710. The molecule has 2 aromatic carbocycles. The first-order chi connectivity index (χ1) is 17.3. The van der Waals surface area contributed by atoms with Gasteiger partial charge < -0.3 is 10.2 Å². The predicted octanol–water partition coefficient (Wildman–Crippen LogP) is 8.94. The molecule has 1 unspecified atom stereocenters. The summed E-state index contributed by atoms with van der Waals surface area (Å²) in [6.07, 6.45) is 3.95. The fourth-order valence-electron chi connectivity index (χ4n) is 5.00. The zero-order valence-corrected chi connectivity index (χ0v) is 23.3. The Morgan fingerprint density at radius 3 is 2.38 bits per heavy atom. The second kappa shape index (κ2) is 10.6. The van der Waals surface area contributed by atoms with Gasteiger partial charge in [-0.1, -0.05) is 87.5 Å². The third-order valence-electron chi connectivity index (χ3n) is 6.99. The van der Waals surface area contributed by atoms with E-state index in [1.807, 2.05) is 23.1 Å². The maximum absolute atomic E-state index is 13.5. The maximum Gasteiger partial charge on any atom is 0.416 e. The monoisotopic (exact) mass is 567 g/mol. The second-order valence-electron chi connectivity index (χ2n) is 10.7. The van der Waals surface area contributed by atoms with Crippen LogP contribution < -0.4 is 10.2 Å². The molecule has 1 saturated heterocycles. The van der Waals surface area contributed by atoms with Crippen molar-refractivity contribution in [3.8, 4) is 0 Å². The van der Waals surface area contributed by atoms with E-state index in [0.717, 1.165) is 43.7 Å². The molecule has 0 bridgehead atoms. The summed E-state index contributed by atoms with van der Waals surface area (Å²) in [7, 11) is 0. The number of amidine groups is 1. The minimum atomic E-state index is -4.44. The molecule has 9 heteroatoms. The average molecular weight is 569 g/mol.